The fourth-order valence-electron chi connectivity index (χ4n) is 3.29. The van der Waals surface area contributed by atoms with Gasteiger partial charge in [-0.2, -0.15) is 5.10 Å². The highest BCUT2D eigenvalue weighted by Crippen LogP contribution is 2.19. The Labute approximate surface area is 176 Å². The first-order valence-electron chi connectivity index (χ1n) is 9.62. The highest BCUT2D eigenvalue weighted by molar-refractivity contribution is 6.02. The molecule has 1 amide bonds. The first kappa shape index (κ1) is 20.9. The van der Waals surface area contributed by atoms with Crippen LogP contribution in [0.15, 0.2) is 66.9 Å². The van der Waals surface area contributed by atoms with Gasteiger partial charge < -0.3 is 15.4 Å². The van der Waals surface area contributed by atoms with Crippen LogP contribution < -0.4 is 15.4 Å². The van der Waals surface area contributed by atoms with Crippen LogP contribution in [0.4, 0.5) is 5.69 Å². The number of halogens is 1. The number of benzene rings is 2. The lowest BCUT2D eigenvalue weighted by Crippen LogP contribution is -2.32. The third-order valence-corrected chi connectivity index (χ3v) is 4.85. The SMILES string of the molecule is Cl.O=C(Nc1ccc(OCc2ccccc2)cc1)c1ccn(C2CCCNC2)n1. The summed E-state index contributed by atoms with van der Waals surface area (Å²) in [6, 6.07) is 19.5. The number of hydrogen-bond donors (Lipinski definition) is 2. The standard InChI is InChI=1S/C22H24N4O2.ClH/c27-22(21-12-14-26(25-21)19-7-4-13-23-15-19)24-18-8-10-20(11-9-18)28-16-17-5-2-1-3-6-17;/h1-3,5-6,8-12,14,19,23H,4,7,13,15-16H2,(H,24,27);1H. The van der Waals surface area contributed by atoms with Crippen LogP contribution in [-0.4, -0.2) is 28.8 Å². The number of carbonyl (C=O) groups excluding carboxylic acids is 1. The third-order valence-electron chi connectivity index (χ3n) is 4.85. The van der Waals surface area contributed by atoms with E-state index < -0.39 is 0 Å². The van der Waals surface area contributed by atoms with E-state index in [9.17, 15) is 4.79 Å². The van der Waals surface area contributed by atoms with E-state index in [2.05, 4.69) is 15.7 Å². The minimum Gasteiger partial charge on any atom is -0.489 e. The molecule has 0 spiro atoms. The van der Waals surface area contributed by atoms with Crippen LogP contribution in [0.3, 0.4) is 0 Å². The normalized spacial score (nSPS) is 15.9. The maximum atomic E-state index is 12.5. The molecule has 1 unspecified atom stereocenters. The molecule has 1 fully saturated rings. The Hall–Kier alpha value is -2.83. The molecule has 7 heteroatoms. The number of ether oxygens (including phenoxy) is 1. The molecule has 1 aliphatic heterocycles. The molecule has 152 valence electrons. The van der Waals surface area contributed by atoms with Gasteiger partial charge in [-0.05, 0) is 55.3 Å². The Bertz CT molecular complexity index is 906. The van der Waals surface area contributed by atoms with Gasteiger partial charge in [-0.15, -0.1) is 12.4 Å². The van der Waals surface area contributed by atoms with Crippen LogP contribution in [0.2, 0.25) is 0 Å². The summed E-state index contributed by atoms with van der Waals surface area (Å²) in [6.45, 7) is 2.46. The summed E-state index contributed by atoms with van der Waals surface area (Å²) in [5.41, 5.74) is 2.25. The lowest BCUT2D eigenvalue weighted by atomic mass is 10.1. The number of anilines is 1. The number of nitrogens with zero attached hydrogens (tertiary/aromatic N) is 2. The summed E-state index contributed by atoms with van der Waals surface area (Å²) in [6.07, 6.45) is 4.10. The van der Waals surface area contributed by atoms with Crippen LogP contribution in [0.1, 0.15) is 34.9 Å². The zero-order valence-corrected chi connectivity index (χ0v) is 16.9. The molecule has 6 nitrogen and oxygen atoms in total. The summed E-state index contributed by atoms with van der Waals surface area (Å²) in [7, 11) is 0. The molecule has 29 heavy (non-hydrogen) atoms. The zero-order chi connectivity index (χ0) is 19.2. The second-order valence-electron chi connectivity index (χ2n) is 6.93. The van der Waals surface area contributed by atoms with Crippen LogP contribution in [-0.2, 0) is 6.61 Å². The fourth-order valence-corrected chi connectivity index (χ4v) is 3.29. The Morgan fingerprint density at radius 3 is 2.66 bits per heavy atom. The topological polar surface area (TPSA) is 68.2 Å². The molecule has 0 radical (unpaired) electrons. The predicted molar refractivity (Wildman–Crippen MR) is 116 cm³/mol. The van der Waals surface area contributed by atoms with E-state index in [1.807, 2.05) is 65.5 Å². The van der Waals surface area contributed by atoms with Crippen molar-refractivity contribution < 1.29 is 9.53 Å². The zero-order valence-electron chi connectivity index (χ0n) is 16.1. The minimum absolute atomic E-state index is 0. The van der Waals surface area contributed by atoms with Gasteiger partial charge in [0, 0.05) is 18.4 Å². The van der Waals surface area contributed by atoms with E-state index >= 15 is 0 Å². The Balaban J connectivity index is 0.00000240. The second-order valence-corrected chi connectivity index (χ2v) is 6.93. The van der Waals surface area contributed by atoms with Gasteiger partial charge in [-0.3, -0.25) is 9.48 Å². The predicted octanol–water partition coefficient (Wildman–Crippen LogP) is 4.06. The van der Waals surface area contributed by atoms with Crippen molar-refractivity contribution in [1.29, 1.82) is 0 Å². The van der Waals surface area contributed by atoms with Crippen LogP contribution in [0, 0.1) is 0 Å². The summed E-state index contributed by atoms with van der Waals surface area (Å²) in [5, 5.41) is 10.7. The van der Waals surface area contributed by atoms with E-state index in [1.165, 1.54) is 0 Å². The molecule has 1 aliphatic rings. The van der Waals surface area contributed by atoms with E-state index in [-0.39, 0.29) is 18.3 Å². The number of aromatic nitrogens is 2. The number of rotatable bonds is 6. The van der Waals surface area contributed by atoms with Crippen molar-refractivity contribution in [3.05, 3.63) is 78.1 Å². The Morgan fingerprint density at radius 1 is 1.14 bits per heavy atom. The van der Waals surface area contributed by atoms with Gasteiger partial charge in [0.25, 0.3) is 5.91 Å². The summed E-state index contributed by atoms with van der Waals surface area (Å²) < 4.78 is 7.66. The summed E-state index contributed by atoms with van der Waals surface area (Å²) in [4.78, 5) is 12.5. The van der Waals surface area contributed by atoms with Gasteiger partial charge >= 0.3 is 0 Å². The van der Waals surface area contributed by atoms with Crippen molar-refractivity contribution >= 4 is 24.0 Å². The number of amides is 1. The smallest absolute Gasteiger partial charge is 0.276 e. The highest BCUT2D eigenvalue weighted by Gasteiger charge is 2.17. The lowest BCUT2D eigenvalue weighted by molar-refractivity contribution is 0.102. The molecule has 0 bridgehead atoms. The minimum atomic E-state index is -0.208. The van der Waals surface area contributed by atoms with Crippen molar-refractivity contribution in [1.82, 2.24) is 15.1 Å². The second kappa shape index (κ2) is 10.1. The Kier molecular flexibility index (Phi) is 7.27. The summed E-state index contributed by atoms with van der Waals surface area (Å²) >= 11 is 0. The van der Waals surface area contributed by atoms with Crippen molar-refractivity contribution in [3.63, 3.8) is 0 Å². The van der Waals surface area contributed by atoms with Crippen molar-refractivity contribution in [3.8, 4) is 5.75 Å². The fraction of sp³-hybridized carbons (Fsp3) is 0.273. The molecule has 2 N–H and O–H groups in total. The monoisotopic (exact) mass is 412 g/mol. The van der Waals surface area contributed by atoms with Crippen LogP contribution in [0.5, 0.6) is 5.75 Å². The molecule has 2 aromatic carbocycles. The number of nitrogens with one attached hydrogen (secondary N) is 2. The van der Waals surface area contributed by atoms with E-state index in [0.29, 0.717) is 24.0 Å². The lowest BCUT2D eigenvalue weighted by Gasteiger charge is -2.22. The van der Waals surface area contributed by atoms with Gasteiger partial charge in [0.15, 0.2) is 5.69 Å². The number of carbonyl (C=O) groups is 1. The van der Waals surface area contributed by atoms with E-state index in [0.717, 1.165) is 37.2 Å². The average Bonchev–Trinajstić information content (AvgIpc) is 3.25. The maximum absolute atomic E-state index is 12.5. The van der Waals surface area contributed by atoms with Gasteiger partial charge in [0.05, 0.1) is 6.04 Å². The molecule has 3 aromatic rings. The first-order valence-corrected chi connectivity index (χ1v) is 9.62. The van der Waals surface area contributed by atoms with Gasteiger partial charge in [-0.25, -0.2) is 0 Å². The molecule has 1 aromatic heterocycles. The van der Waals surface area contributed by atoms with E-state index in [1.54, 1.807) is 6.07 Å². The molecule has 0 saturated carbocycles. The number of piperidine rings is 1. The van der Waals surface area contributed by atoms with Crippen molar-refractivity contribution in [2.75, 3.05) is 18.4 Å². The van der Waals surface area contributed by atoms with Gasteiger partial charge in [0.2, 0.25) is 0 Å². The first-order chi connectivity index (χ1) is 13.8. The largest absolute Gasteiger partial charge is 0.489 e. The van der Waals surface area contributed by atoms with Gasteiger partial charge in [0.1, 0.15) is 12.4 Å². The van der Waals surface area contributed by atoms with Crippen molar-refractivity contribution in [2.45, 2.75) is 25.5 Å². The van der Waals surface area contributed by atoms with Gasteiger partial charge in [-0.1, -0.05) is 30.3 Å². The quantitative estimate of drug-likeness (QED) is 0.640. The Morgan fingerprint density at radius 2 is 1.93 bits per heavy atom. The molecular weight excluding hydrogens is 388 g/mol. The number of hydrogen-bond acceptors (Lipinski definition) is 4. The molecule has 1 atom stereocenters. The maximum Gasteiger partial charge on any atom is 0.276 e. The average molecular weight is 413 g/mol. The third kappa shape index (κ3) is 5.59. The molecule has 0 aliphatic carbocycles. The van der Waals surface area contributed by atoms with Crippen LogP contribution >= 0.6 is 12.4 Å². The molecule has 1 saturated heterocycles. The molecular formula is C22H25ClN4O2. The highest BCUT2D eigenvalue weighted by atomic mass is 35.5. The van der Waals surface area contributed by atoms with E-state index in [4.69, 9.17) is 4.74 Å². The van der Waals surface area contributed by atoms with Crippen molar-refractivity contribution in [2.24, 2.45) is 0 Å². The molecule has 2 heterocycles. The summed E-state index contributed by atoms with van der Waals surface area (Å²) in [5.74, 6) is 0.552. The molecule has 4 rings (SSSR count). The van der Waals surface area contributed by atoms with Crippen LogP contribution in [0.25, 0.3) is 0 Å².